The lowest BCUT2D eigenvalue weighted by atomic mass is 10.2. The highest BCUT2D eigenvalue weighted by molar-refractivity contribution is 5.89. The van der Waals surface area contributed by atoms with Crippen LogP contribution in [0.1, 0.15) is 5.56 Å². The van der Waals surface area contributed by atoms with Crippen molar-refractivity contribution in [3.63, 3.8) is 0 Å². The zero-order chi connectivity index (χ0) is 14.1. The van der Waals surface area contributed by atoms with Crippen LogP contribution >= 0.6 is 0 Å². The molecule has 0 amide bonds. The van der Waals surface area contributed by atoms with E-state index in [4.69, 9.17) is 5.53 Å². The lowest BCUT2D eigenvalue weighted by Gasteiger charge is -1.98. The van der Waals surface area contributed by atoms with E-state index in [0.717, 1.165) is 0 Å². The summed E-state index contributed by atoms with van der Waals surface area (Å²) in [5.74, 6) is 4.24. The van der Waals surface area contributed by atoms with Crippen LogP contribution < -0.4 is 0 Å². The number of carbonyl (C=O) groups excluding carboxylic acids is 1. The van der Waals surface area contributed by atoms with Crippen molar-refractivity contribution in [2.45, 2.75) is 0 Å². The van der Waals surface area contributed by atoms with Gasteiger partial charge in [0, 0.05) is 10.5 Å². The number of ether oxygens (including phenoxy) is 1. The van der Waals surface area contributed by atoms with Crippen molar-refractivity contribution in [2.24, 2.45) is 5.11 Å². The Morgan fingerprint density at radius 3 is 3.05 bits per heavy atom. The zero-order valence-corrected chi connectivity index (χ0v) is 10.1. The Morgan fingerprint density at radius 2 is 2.42 bits per heavy atom. The first-order valence-corrected chi connectivity index (χ1v) is 5.22. The SMILES string of the molecule is COC(=O)C(=CC#Cc1cccc(F)c1)CN=[N+]=[N-]. The van der Waals surface area contributed by atoms with E-state index in [1.54, 1.807) is 6.07 Å². The quantitative estimate of drug-likeness (QED) is 0.209. The van der Waals surface area contributed by atoms with Gasteiger partial charge in [-0.3, -0.25) is 0 Å². The number of methoxy groups -OCH3 is 1. The standard InChI is InChI=1S/C13H10FN3O2/c1-19-13(18)11(9-16-17-15)6-2-4-10-5-3-7-12(14)8-10/h3,5-8H,9H2,1H3. The summed E-state index contributed by atoms with van der Waals surface area (Å²) in [6.07, 6.45) is 1.28. The molecule has 0 N–H and O–H groups in total. The van der Waals surface area contributed by atoms with Crippen molar-refractivity contribution in [1.82, 2.24) is 0 Å². The van der Waals surface area contributed by atoms with E-state index >= 15 is 0 Å². The molecule has 0 aliphatic heterocycles. The van der Waals surface area contributed by atoms with Gasteiger partial charge in [-0.2, -0.15) is 0 Å². The molecule has 1 rings (SSSR count). The molecule has 0 spiro atoms. The molecular formula is C13H10FN3O2. The Hall–Kier alpha value is -2.77. The third-order valence-electron chi connectivity index (χ3n) is 2.04. The maximum absolute atomic E-state index is 12.9. The first kappa shape index (κ1) is 14.3. The highest BCUT2D eigenvalue weighted by atomic mass is 19.1. The molecule has 0 heterocycles. The Bertz CT molecular complexity index is 608. The molecule has 1 aromatic carbocycles. The molecule has 6 heteroatoms. The number of allylic oxidation sites excluding steroid dienone is 1. The first-order valence-electron chi connectivity index (χ1n) is 5.22. The highest BCUT2D eigenvalue weighted by Crippen LogP contribution is 2.02. The summed E-state index contributed by atoms with van der Waals surface area (Å²) in [6, 6.07) is 5.74. The van der Waals surface area contributed by atoms with Gasteiger partial charge in [0.15, 0.2) is 0 Å². The topological polar surface area (TPSA) is 75.1 Å². The van der Waals surface area contributed by atoms with E-state index in [1.165, 1.54) is 31.4 Å². The smallest absolute Gasteiger partial charge is 0.334 e. The average Bonchev–Trinajstić information content (AvgIpc) is 2.42. The number of nitrogens with zero attached hydrogens (tertiary/aromatic N) is 3. The maximum atomic E-state index is 12.9. The molecule has 0 saturated heterocycles. The fourth-order valence-electron chi connectivity index (χ4n) is 1.18. The van der Waals surface area contributed by atoms with Crippen LogP contribution in [0.5, 0.6) is 0 Å². The number of carbonyl (C=O) groups is 1. The molecule has 0 atom stereocenters. The van der Waals surface area contributed by atoms with Crippen molar-refractivity contribution in [2.75, 3.05) is 13.7 Å². The molecule has 0 fully saturated rings. The van der Waals surface area contributed by atoms with Crippen LogP contribution in [-0.4, -0.2) is 19.6 Å². The summed E-state index contributed by atoms with van der Waals surface area (Å²) in [7, 11) is 1.21. The Morgan fingerprint density at radius 1 is 1.63 bits per heavy atom. The number of rotatable bonds is 3. The minimum absolute atomic E-state index is 0.129. The zero-order valence-electron chi connectivity index (χ0n) is 10.1. The lowest BCUT2D eigenvalue weighted by molar-refractivity contribution is -0.136. The monoisotopic (exact) mass is 259 g/mol. The second kappa shape index (κ2) is 7.54. The van der Waals surface area contributed by atoms with E-state index in [0.29, 0.717) is 5.56 Å². The van der Waals surface area contributed by atoms with Crippen LogP contribution in [0, 0.1) is 17.7 Å². The fourth-order valence-corrected chi connectivity index (χ4v) is 1.18. The normalized spacial score (nSPS) is 9.89. The molecule has 0 bridgehead atoms. The third-order valence-corrected chi connectivity index (χ3v) is 2.04. The van der Waals surface area contributed by atoms with E-state index in [1.807, 2.05) is 0 Å². The number of azide groups is 1. The van der Waals surface area contributed by atoms with E-state index < -0.39 is 11.8 Å². The number of halogens is 1. The summed E-state index contributed by atoms with van der Waals surface area (Å²) < 4.78 is 17.4. The summed E-state index contributed by atoms with van der Waals surface area (Å²) in [5, 5.41) is 3.26. The summed E-state index contributed by atoms with van der Waals surface area (Å²) in [5.41, 5.74) is 8.81. The van der Waals surface area contributed by atoms with Crippen molar-refractivity contribution >= 4 is 5.97 Å². The predicted octanol–water partition coefficient (Wildman–Crippen LogP) is 2.59. The van der Waals surface area contributed by atoms with Gasteiger partial charge in [-0.1, -0.05) is 23.0 Å². The molecule has 1 aromatic rings. The molecule has 19 heavy (non-hydrogen) atoms. The average molecular weight is 259 g/mol. The summed E-state index contributed by atoms with van der Waals surface area (Å²) >= 11 is 0. The molecule has 0 saturated carbocycles. The van der Waals surface area contributed by atoms with Gasteiger partial charge in [-0.15, -0.1) is 0 Å². The third kappa shape index (κ3) is 4.94. The largest absolute Gasteiger partial charge is 0.466 e. The minimum Gasteiger partial charge on any atom is -0.466 e. The van der Waals surface area contributed by atoms with Gasteiger partial charge in [-0.25, -0.2) is 9.18 Å². The number of hydrogen-bond acceptors (Lipinski definition) is 3. The number of hydrogen-bond donors (Lipinski definition) is 0. The first-order chi connectivity index (χ1) is 9.17. The predicted molar refractivity (Wildman–Crippen MR) is 67.4 cm³/mol. The van der Waals surface area contributed by atoms with Crippen molar-refractivity contribution in [3.05, 3.63) is 57.7 Å². The molecule has 0 radical (unpaired) electrons. The Labute approximate surface area is 109 Å². The van der Waals surface area contributed by atoms with Gasteiger partial charge in [-0.05, 0) is 29.8 Å². The second-order valence-corrected chi connectivity index (χ2v) is 3.33. The van der Waals surface area contributed by atoms with E-state index in [2.05, 4.69) is 26.6 Å². The van der Waals surface area contributed by atoms with Gasteiger partial charge in [0.2, 0.25) is 0 Å². The van der Waals surface area contributed by atoms with Gasteiger partial charge >= 0.3 is 5.97 Å². The highest BCUT2D eigenvalue weighted by Gasteiger charge is 2.06. The van der Waals surface area contributed by atoms with Crippen molar-refractivity contribution in [3.8, 4) is 11.8 Å². The maximum Gasteiger partial charge on any atom is 0.334 e. The van der Waals surface area contributed by atoms with Gasteiger partial charge in [0.05, 0.1) is 19.2 Å². The van der Waals surface area contributed by atoms with E-state index in [9.17, 15) is 9.18 Å². The number of benzene rings is 1. The van der Waals surface area contributed by atoms with Crippen LogP contribution in [0.4, 0.5) is 4.39 Å². The molecular weight excluding hydrogens is 249 g/mol. The van der Waals surface area contributed by atoms with Crippen molar-refractivity contribution < 1.29 is 13.9 Å². The Kier molecular flexibility index (Phi) is 5.67. The molecule has 0 aliphatic rings. The molecule has 5 nitrogen and oxygen atoms in total. The molecule has 96 valence electrons. The van der Waals surface area contributed by atoms with Crippen LogP contribution in [0.25, 0.3) is 10.4 Å². The van der Waals surface area contributed by atoms with Gasteiger partial charge in [0.25, 0.3) is 0 Å². The summed E-state index contributed by atoms with van der Waals surface area (Å²) in [6.45, 7) is -0.152. The van der Waals surface area contributed by atoms with Crippen LogP contribution in [0.2, 0.25) is 0 Å². The van der Waals surface area contributed by atoms with Gasteiger partial charge < -0.3 is 4.74 Å². The van der Waals surface area contributed by atoms with Crippen LogP contribution in [-0.2, 0) is 9.53 Å². The Balaban J connectivity index is 2.92. The fraction of sp³-hybridized carbons (Fsp3) is 0.154. The minimum atomic E-state index is -0.624. The lowest BCUT2D eigenvalue weighted by Crippen LogP contribution is -2.06. The second-order valence-electron chi connectivity index (χ2n) is 3.33. The van der Waals surface area contributed by atoms with Crippen LogP contribution in [0.3, 0.4) is 0 Å². The molecule has 0 aliphatic carbocycles. The number of esters is 1. The molecule has 0 aromatic heterocycles. The molecule has 0 unspecified atom stereocenters. The van der Waals surface area contributed by atoms with Crippen LogP contribution in [0.15, 0.2) is 41.0 Å². The van der Waals surface area contributed by atoms with Crippen molar-refractivity contribution in [1.29, 1.82) is 0 Å². The summed E-state index contributed by atoms with van der Waals surface area (Å²) in [4.78, 5) is 13.9. The van der Waals surface area contributed by atoms with Gasteiger partial charge in [0.1, 0.15) is 5.82 Å². The van der Waals surface area contributed by atoms with E-state index in [-0.39, 0.29) is 12.1 Å².